The summed E-state index contributed by atoms with van der Waals surface area (Å²) >= 11 is 0. The lowest BCUT2D eigenvalue weighted by atomic mass is 10.4. The van der Waals surface area contributed by atoms with Crippen molar-refractivity contribution in [1.82, 2.24) is 14.6 Å². The molecule has 0 unspecified atom stereocenters. The molecule has 10 heavy (non-hydrogen) atoms. The van der Waals surface area contributed by atoms with Crippen molar-refractivity contribution in [2.75, 3.05) is 19.9 Å². The van der Waals surface area contributed by atoms with E-state index in [2.05, 4.69) is 4.98 Å². The summed E-state index contributed by atoms with van der Waals surface area (Å²) in [4.78, 5) is 6.10. The van der Waals surface area contributed by atoms with Crippen LogP contribution >= 0.6 is 0 Å². The Kier molecular flexibility index (Phi) is 1.91. The minimum Gasteiger partial charge on any atom is -0.338 e. The molecule has 0 fully saturated rings. The van der Waals surface area contributed by atoms with Crippen LogP contribution in [0.25, 0.3) is 0 Å². The standard InChI is InChI=1S/C6H12N4/c1-9(2)3-6-4-10(7)5-8-6/h4-5H,3,7H2,1-2H3. The van der Waals surface area contributed by atoms with E-state index in [1.165, 1.54) is 4.68 Å². The van der Waals surface area contributed by atoms with Gasteiger partial charge in [-0.15, -0.1) is 0 Å². The molecule has 0 aromatic carbocycles. The minimum atomic E-state index is 0.838. The minimum absolute atomic E-state index is 0.838. The summed E-state index contributed by atoms with van der Waals surface area (Å²) in [6, 6.07) is 0. The molecule has 0 aliphatic carbocycles. The Labute approximate surface area is 60.2 Å². The number of hydrogen-bond donors (Lipinski definition) is 1. The number of imidazole rings is 1. The quantitative estimate of drug-likeness (QED) is 0.572. The van der Waals surface area contributed by atoms with Crippen LogP contribution in [0.1, 0.15) is 5.69 Å². The maximum absolute atomic E-state index is 5.39. The summed E-state index contributed by atoms with van der Waals surface area (Å²) < 4.78 is 1.46. The van der Waals surface area contributed by atoms with Crippen molar-refractivity contribution in [3.8, 4) is 0 Å². The van der Waals surface area contributed by atoms with Gasteiger partial charge in [-0.05, 0) is 14.1 Å². The topological polar surface area (TPSA) is 47.1 Å². The fourth-order valence-electron chi connectivity index (χ4n) is 0.785. The highest BCUT2D eigenvalue weighted by Crippen LogP contribution is 1.94. The molecule has 0 saturated heterocycles. The molecule has 4 nitrogen and oxygen atoms in total. The van der Waals surface area contributed by atoms with E-state index in [4.69, 9.17) is 5.84 Å². The van der Waals surface area contributed by atoms with Crippen LogP contribution in [-0.4, -0.2) is 28.7 Å². The normalized spacial score (nSPS) is 10.7. The van der Waals surface area contributed by atoms with Gasteiger partial charge >= 0.3 is 0 Å². The first-order valence-electron chi connectivity index (χ1n) is 3.11. The van der Waals surface area contributed by atoms with E-state index in [1.807, 2.05) is 19.0 Å². The molecule has 1 aromatic rings. The first kappa shape index (κ1) is 7.08. The van der Waals surface area contributed by atoms with E-state index in [0.717, 1.165) is 12.2 Å². The predicted molar refractivity (Wildman–Crippen MR) is 39.8 cm³/mol. The zero-order valence-electron chi connectivity index (χ0n) is 6.28. The van der Waals surface area contributed by atoms with Gasteiger partial charge in [0.1, 0.15) is 6.33 Å². The second-order valence-corrected chi connectivity index (χ2v) is 2.55. The molecule has 1 aromatic heterocycles. The van der Waals surface area contributed by atoms with E-state index < -0.39 is 0 Å². The van der Waals surface area contributed by atoms with Gasteiger partial charge in [0, 0.05) is 6.54 Å². The third-order valence-corrected chi connectivity index (χ3v) is 1.13. The first-order chi connectivity index (χ1) is 4.68. The largest absolute Gasteiger partial charge is 0.338 e. The van der Waals surface area contributed by atoms with Gasteiger partial charge in [0.25, 0.3) is 0 Å². The number of rotatable bonds is 2. The van der Waals surface area contributed by atoms with Gasteiger partial charge in [0.2, 0.25) is 0 Å². The Morgan fingerprint density at radius 1 is 1.70 bits per heavy atom. The van der Waals surface area contributed by atoms with Gasteiger partial charge in [-0.2, -0.15) is 0 Å². The smallest absolute Gasteiger partial charge is 0.114 e. The highest BCUT2D eigenvalue weighted by Gasteiger charge is 1.96. The van der Waals surface area contributed by atoms with E-state index in [0.29, 0.717) is 0 Å². The third-order valence-electron chi connectivity index (χ3n) is 1.13. The number of aromatic nitrogens is 2. The highest BCUT2D eigenvalue weighted by molar-refractivity contribution is 4.95. The third kappa shape index (κ3) is 1.73. The van der Waals surface area contributed by atoms with Crippen molar-refractivity contribution in [1.29, 1.82) is 0 Å². The molecular formula is C6H12N4. The number of hydrogen-bond acceptors (Lipinski definition) is 3. The van der Waals surface area contributed by atoms with Crippen LogP contribution in [0.5, 0.6) is 0 Å². The molecule has 0 bridgehead atoms. The zero-order valence-corrected chi connectivity index (χ0v) is 6.28. The Morgan fingerprint density at radius 2 is 2.40 bits per heavy atom. The van der Waals surface area contributed by atoms with Crippen molar-refractivity contribution in [2.45, 2.75) is 6.54 Å². The van der Waals surface area contributed by atoms with Crippen molar-refractivity contribution < 1.29 is 0 Å². The fraction of sp³-hybridized carbons (Fsp3) is 0.500. The lowest BCUT2D eigenvalue weighted by Crippen LogP contribution is -2.11. The molecule has 0 spiro atoms. The Morgan fingerprint density at radius 3 is 2.80 bits per heavy atom. The molecule has 1 rings (SSSR count). The average Bonchev–Trinajstić information content (AvgIpc) is 2.13. The highest BCUT2D eigenvalue weighted by atomic mass is 15.3. The number of nitrogen functional groups attached to an aromatic ring is 1. The average molecular weight is 140 g/mol. The van der Waals surface area contributed by atoms with Gasteiger partial charge in [0.05, 0.1) is 11.9 Å². The Hall–Kier alpha value is -1.03. The Bertz CT molecular complexity index is 203. The van der Waals surface area contributed by atoms with Gasteiger partial charge in [-0.25, -0.2) is 4.98 Å². The Balaban J connectivity index is 2.58. The van der Waals surface area contributed by atoms with E-state index in [9.17, 15) is 0 Å². The molecule has 4 heteroatoms. The monoisotopic (exact) mass is 140 g/mol. The van der Waals surface area contributed by atoms with Gasteiger partial charge in [0.15, 0.2) is 0 Å². The molecular weight excluding hydrogens is 128 g/mol. The molecule has 1 heterocycles. The van der Waals surface area contributed by atoms with Crippen LogP contribution in [0.3, 0.4) is 0 Å². The van der Waals surface area contributed by atoms with E-state index in [-0.39, 0.29) is 0 Å². The summed E-state index contributed by atoms with van der Waals surface area (Å²) in [6.45, 7) is 0.838. The van der Waals surface area contributed by atoms with Crippen LogP contribution in [0.15, 0.2) is 12.5 Å². The van der Waals surface area contributed by atoms with Crippen LogP contribution in [0.4, 0.5) is 0 Å². The molecule has 2 N–H and O–H groups in total. The van der Waals surface area contributed by atoms with Gasteiger partial charge in [-0.1, -0.05) is 0 Å². The van der Waals surface area contributed by atoms with Crippen LogP contribution in [0, 0.1) is 0 Å². The molecule has 56 valence electrons. The maximum atomic E-state index is 5.39. The summed E-state index contributed by atoms with van der Waals surface area (Å²) in [5, 5.41) is 0. The van der Waals surface area contributed by atoms with Gasteiger partial charge < -0.3 is 10.7 Å². The summed E-state index contributed by atoms with van der Waals surface area (Å²) in [7, 11) is 3.99. The van der Waals surface area contributed by atoms with Crippen molar-refractivity contribution in [3.05, 3.63) is 18.2 Å². The molecule has 0 aliphatic heterocycles. The SMILES string of the molecule is CN(C)Cc1cn(N)cn1. The van der Waals surface area contributed by atoms with Crippen molar-refractivity contribution >= 4 is 0 Å². The van der Waals surface area contributed by atoms with Crippen molar-refractivity contribution in [3.63, 3.8) is 0 Å². The first-order valence-corrected chi connectivity index (χ1v) is 3.11. The van der Waals surface area contributed by atoms with Crippen molar-refractivity contribution in [2.24, 2.45) is 0 Å². The van der Waals surface area contributed by atoms with Gasteiger partial charge in [-0.3, -0.25) is 4.68 Å². The number of nitrogens with zero attached hydrogens (tertiary/aromatic N) is 3. The maximum Gasteiger partial charge on any atom is 0.114 e. The fourth-order valence-corrected chi connectivity index (χ4v) is 0.785. The number of nitrogens with two attached hydrogens (primary N) is 1. The van der Waals surface area contributed by atoms with E-state index in [1.54, 1.807) is 12.5 Å². The predicted octanol–water partition coefficient (Wildman–Crippen LogP) is -0.342. The lowest BCUT2D eigenvalue weighted by Gasteiger charge is -2.04. The second-order valence-electron chi connectivity index (χ2n) is 2.55. The molecule has 0 amide bonds. The summed E-state index contributed by atoms with van der Waals surface area (Å²) in [5.41, 5.74) is 0.993. The van der Waals surface area contributed by atoms with Crippen LogP contribution in [-0.2, 0) is 6.54 Å². The van der Waals surface area contributed by atoms with Crippen LogP contribution < -0.4 is 5.84 Å². The second kappa shape index (κ2) is 2.70. The van der Waals surface area contributed by atoms with E-state index >= 15 is 0 Å². The molecule has 0 saturated carbocycles. The molecule has 0 radical (unpaired) electrons. The van der Waals surface area contributed by atoms with Crippen LogP contribution in [0.2, 0.25) is 0 Å². The molecule has 0 atom stereocenters. The summed E-state index contributed by atoms with van der Waals surface area (Å²) in [6.07, 6.45) is 3.40. The molecule has 0 aliphatic rings. The zero-order chi connectivity index (χ0) is 7.56. The summed E-state index contributed by atoms with van der Waals surface area (Å²) in [5.74, 6) is 5.39. The lowest BCUT2D eigenvalue weighted by molar-refractivity contribution is 0.397.